The summed E-state index contributed by atoms with van der Waals surface area (Å²) in [4.78, 5) is 32.7. The zero-order chi connectivity index (χ0) is 12.9. The van der Waals surface area contributed by atoms with E-state index in [9.17, 15) is 14.4 Å². The van der Waals surface area contributed by atoms with Crippen LogP contribution in [0.15, 0.2) is 0 Å². The number of carboxylic acid groups (broad SMARTS) is 1. The molecule has 0 fully saturated rings. The molecule has 16 heavy (non-hydrogen) atoms. The molecule has 6 nitrogen and oxygen atoms in total. The molecule has 2 N–H and O–H groups in total. The van der Waals surface area contributed by atoms with Crippen molar-refractivity contribution in [2.75, 3.05) is 0 Å². The molecular formula is C10H17NO5. The minimum atomic E-state index is -1.26. The highest BCUT2D eigenvalue weighted by Gasteiger charge is 2.25. The molecule has 0 rings (SSSR count). The SMILES string of the molecule is CC(=O)NC(CC(=O)OC(C)(C)C)C(=O)O. The number of aliphatic carboxylic acids is 1. The summed E-state index contributed by atoms with van der Waals surface area (Å²) in [5.41, 5.74) is -0.670. The second kappa shape index (κ2) is 5.48. The minimum Gasteiger partial charge on any atom is -0.480 e. The van der Waals surface area contributed by atoms with Gasteiger partial charge in [-0.15, -0.1) is 0 Å². The van der Waals surface area contributed by atoms with Gasteiger partial charge in [-0.1, -0.05) is 0 Å². The van der Waals surface area contributed by atoms with Crippen LogP contribution < -0.4 is 5.32 Å². The van der Waals surface area contributed by atoms with Crippen molar-refractivity contribution in [1.29, 1.82) is 0 Å². The molecule has 0 aliphatic carbocycles. The highest BCUT2D eigenvalue weighted by atomic mass is 16.6. The van der Waals surface area contributed by atoms with E-state index in [1.807, 2.05) is 0 Å². The first-order valence-corrected chi connectivity index (χ1v) is 4.83. The second-order valence-corrected chi connectivity index (χ2v) is 4.38. The summed E-state index contributed by atoms with van der Waals surface area (Å²) in [6, 6.07) is -1.24. The quantitative estimate of drug-likeness (QED) is 0.679. The zero-order valence-electron chi connectivity index (χ0n) is 9.86. The van der Waals surface area contributed by atoms with E-state index in [2.05, 4.69) is 5.32 Å². The van der Waals surface area contributed by atoms with Crippen LogP contribution in [0.5, 0.6) is 0 Å². The predicted molar refractivity (Wildman–Crippen MR) is 55.7 cm³/mol. The molecule has 0 aromatic rings. The van der Waals surface area contributed by atoms with Crippen LogP contribution >= 0.6 is 0 Å². The lowest BCUT2D eigenvalue weighted by Gasteiger charge is -2.21. The fourth-order valence-electron chi connectivity index (χ4n) is 0.995. The number of carbonyl (C=O) groups is 3. The molecular weight excluding hydrogens is 214 g/mol. The summed E-state index contributed by atoms with van der Waals surface area (Å²) >= 11 is 0. The average Bonchev–Trinajstić information content (AvgIpc) is 1.97. The fourth-order valence-corrected chi connectivity index (χ4v) is 0.995. The lowest BCUT2D eigenvalue weighted by molar-refractivity contribution is -0.158. The highest BCUT2D eigenvalue weighted by Crippen LogP contribution is 2.09. The topological polar surface area (TPSA) is 92.7 Å². The Morgan fingerprint density at radius 3 is 2.12 bits per heavy atom. The average molecular weight is 231 g/mol. The number of amides is 1. The molecule has 0 aromatic heterocycles. The number of esters is 1. The zero-order valence-corrected chi connectivity index (χ0v) is 9.86. The van der Waals surface area contributed by atoms with E-state index in [0.717, 1.165) is 0 Å². The molecule has 0 saturated heterocycles. The van der Waals surface area contributed by atoms with Crippen LogP contribution in [0, 0.1) is 0 Å². The van der Waals surface area contributed by atoms with Crippen molar-refractivity contribution in [1.82, 2.24) is 5.32 Å². The third-order valence-electron chi connectivity index (χ3n) is 1.47. The summed E-state index contributed by atoms with van der Waals surface area (Å²) < 4.78 is 4.95. The normalized spacial score (nSPS) is 12.8. The first kappa shape index (κ1) is 14.4. The maximum absolute atomic E-state index is 11.3. The van der Waals surface area contributed by atoms with Gasteiger partial charge >= 0.3 is 11.9 Å². The molecule has 92 valence electrons. The molecule has 6 heteroatoms. The molecule has 0 radical (unpaired) electrons. The van der Waals surface area contributed by atoms with Gasteiger partial charge in [0.2, 0.25) is 5.91 Å². The van der Waals surface area contributed by atoms with Crippen molar-refractivity contribution in [2.24, 2.45) is 0 Å². The Kier molecular flexibility index (Phi) is 4.94. The molecule has 0 aromatic carbocycles. The molecule has 0 aliphatic rings. The van der Waals surface area contributed by atoms with Crippen molar-refractivity contribution >= 4 is 17.8 Å². The number of ether oxygens (including phenoxy) is 1. The maximum atomic E-state index is 11.3. The molecule has 0 heterocycles. The van der Waals surface area contributed by atoms with Gasteiger partial charge in [-0.2, -0.15) is 0 Å². The third-order valence-corrected chi connectivity index (χ3v) is 1.47. The number of rotatable bonds is 4. The Morgan fingerprint density at radius 1 is 1.31 bits per heavy atom. The molecule has 1 unspecified atom stereocenters. The van der Waals surface area contributed by atoms with Gasteiger partial charge in [-0.05, 0) is 20.8 Å². The number of hydrogen-bond acceptors (Lipinski definition) is 4. The molecule has 1 amide bonds. The van der Waals surface area contributed by atoms with E-state index >= 15 is 0 Å². The van der Waals surface area contributed by atoms with Crippen molar-refractivity contribution in [3.8, 4) is 0 Å². The van der Waals surface area contributed by atoms with Gasteiger partial charge in [-0.25, -0.2) is 4.79 Å². The summed E-state index contributed by atoms with van der Waals surface area (Å²) in [6.45, 7) is 6.22. The van der Waals surface area contributed by atoms with Crippen LogP contribution in [0.4, 0.5) is 0 Å². The molecule has 1 atom stereocenters. The van der Waals surface area contributed by atoms with E-state index in [1.54, 1.807) is 20.8 Å². The standard InChI is InChI=1S/C10H17NO5/c1-6(12)11-7(9(14)15)5-8(13)16-10(2,3)4/h7H,5H2,1-4H3,(H,11,12)(H,14,15). The molecule has 0 aliphatic heterocycles. The number of hydrogen-bond donors (Lipinski definition) is 2. The van der Waals surface area contributed by atoms with Gasteiger partial charge in [0, 0.05) is 6.92 Å². The Labute approximate surface area is 94.0 Å². The number of carboxylic acids is 1. The lowest BCUT2D eigenvalue weighted by Crippen LogP contribution is -2.42. The molecule has 0 bridgehead atoms. The van der Waals surface area contributed by atoms with Crippen molar-refractivity contribution in [3.05, 3.63) is 0 Å². The summed E-state index contributed by atoms with van der Waals surface area (Å²) in [6.07, 6.45) is -0.383. The van der Waals surface area contributed by atoms with E-state index in [-0.39, 0.29) is 6.42 Å². The van der Waals surface area contributed by atoms with Crippen LogP contribution in [0.3, 0.4) is 0 Å². The fraction of sp³-hybridized carbons (Fsp3) is 0.700. The first-order chi connectivity index (χ1) is 7.11. The number of nitrogens with one attached hydrogen (secondary N) is 1. The van der Waals surface area contributed by atoms with E-state index in [4.69, 9.17) is 9.84 Å². The van der Waals surface area contributed by atoms with E-state index in [0.29, 0.717) is 0 Å². The van der Waals surface area contributed by atoms with E-state index in [1.165, 1.54) is 6.92 Å². The van der Waals surface area contributed by atoms with Gasteiger partial charge in [0.15, 0.2) is 0 Å². The smallest absolute Gasteiger partial charge is 0.326 e. The highest BCUT2D eigenvalue weighted by molar-refractivity contribution is 5.86. The predicted octanol–water partition coefficient (Wildman–Crippen LogP) is 0.307. The Hall–Kier alpha value is -1.59. The van der Waals surface area contributed by atoms with Gasteiger partial charge in [-0.3, -0.25) is 9.59 Å². The van der Waals surface area contributed by atoms with Crippen LogP contribution in [0.2, 0.25) is 0 Å². The van der Waals surface area contributed by atoms with Crippen molar-refractivity contribution in [2.45, 2.75) is 45.8 Å². The number of carbonyl (C=O) groups excluding carboxylic acids is 2. The molecule has 0 saturated carbocycles. The van der Waals surface area contributed by atoms with Crippen LogP contribution in [-0.2, 0) is 19.1 Å². The summed E-state index contributed by atoms with van der Waals surface area (Å²) in [5, 5.41) is 10.9. The third kappa shape index (κ3) is 6.80. The van der Waals surface area contributed by atoms with Gasteiger partial charge in [0.1, 0.15) is 11.6 Å². The van der Waals surface area contributed by atoms with Crippen LogP contribution in [0.1, 0.15) is 34.1 Å². The lowest BCUT2D eigenvalue weighted by atomic mass is 10.1. The largest absolute Gasteiger partial charge is 0.480 e. The minimum absolute atomic E-state index is 0.383. The van der Waals surface area contributed by atoms with Crippen LogP contribution in [0.25, 0.3) is 0 Å². The van der Waals surface area contributed by atoms with Crippen molar-refractivity contribution in [3.63, 3.8) is 0 Å². The monoisotopic (exact) mass is 231 g/mol. The maximum Gasteiger partial charge on any atom is 0.326 e. The van der Waals surface area contributed by atoms with Crippen molar-refractivity contribution < 1.29 is 24.2 Å². The molecule has 0 spiro atoms. The second-order valence-electron chi connectivity index (χ2n) is 4.38. The Morgan fingerprint density at radius 2 is 1.81 bits per heavy atom. The van der Waals surface area contributed by atoms with E-state index < -0.39 is 29.5 Å². The van der Waals surface area contributed by atoms with Gasteiger partial charge < -0.3 is 15.2 Å². The van der Waals surface area contributed by atoms with Crippen LogP contribution in [-0.4, -0.2) is 34.6 Å². The summed E-state index contributed by atoms with van der Waals surface area (Å²) in [5.74, 6) is -2.43. The van der Waals surface area contributed by atoms with Gasteiger partial charge in [0.05, 0.1) is 6.42 Å². The Bertz CT molecular complexity index is 292. The first-order valence-electron chi connectivity index (χ1n) is 4.83. The summed E-state index contributed by atoms with van der Waals surface area (Å²) in [7, 11) is 0. The van der Waals surface area contributed by atoms with Gasteiger partial charge in [0.25, 0.3) is 0 Å². The Balaban J connectivity index is 4.35.